The molecule has 1 N–H and O–H groups in total. The van der Waals surface area contributed by atoms with Crippen LogP contribution in [0.5, 0.6) is 0 Å². The van der Waals surface area contributed by atoms with Gasteiger partial charge in [0.05, 0.1) is 0 Å². The van der Waals surface area contributed by atoms with Crippen LogP contribution in [0.2, 0.25) is 19.1 Å². The van der Waals surface area contributed by atoms with Crippen LogP contribution in [-0.2, 0) is 8.78 Å². The van der Waals surface area contributed by atoms with Gasteiger partial charge in [-0.05, 0) is 19.1 Å². The lowest BCUT2D eigenvalue weighted by Gasteiger charge is -2.19. The van der Waals surface area contributed by atoms with Gasteiger partial charge in [0.15, 0.2) is 0 Å². The van der Waals surface area contributed by atoms with Gasteiger partial charge in [0.25, 0.3) is 0 Å². The molecule has 0 amide bonds. The van der Waals surface area contributed by atoms with Crippen LogP contribution >= 0.6 is 7.91 Å². The highest BCUT2D eigenvalue weighted by molar-refractivity contribution is 7.48. The molecule has 62 valence electrons. The van der Waals surface area contributed by atoms with Crippen molar-refractivity contribution in [3.05, 3.63) is 0 Å². The molecule has 3 nitrogen and oxygen atoms in total. The third kappa shape index (κ3) is 5.11. The minimum atomic E-state index is -4.74. The summed E-state index contributed by atoms with van der Waals surface area (Å²) in [4.78, 5) is 8.19. The second-order valence-corrected chi connectivity index (χ2v) is 8.52. The summed E-state index contributed by atoms with van der Waals surface area (Å²) in [5.74, 6) is 0. The van der Waals surface area contributed by atoms with Gasteiger partial charge in [0, 0.05) is 0 Å². The van der Waals surface area contributed by atoms with E-state index in [4.69, 9.17) is 4.89 Å². The molecule has 0 saturated carbocycles. The fourth-order valence-electron chi connectivity index (χ4n) is 0.369. The molecule has 0 spiro atoms. The van der Waals surface area contributed by atoms with E-state index >= 15 is 0 Å². The second kappa shape index (κ2) is 3.13. The van der Waals surface area contributed by atoms with Gasteiger partial charge in [-0.1, -0.05) is 6.92 Å². The summed E-state index contributed by atoms with van der Waals surface area (Å²) in [5, 5.41) is 0. The van der Waals surface area contributed by atoms with Crippen molar-refractivity contribution < 1.29 is 17.9 Å². The average molecular weight is 186 g/mol. The van der Waals surface area contributed by atoms with E-state index in [1.807, 2.05) is 6.92 Å². The van der Waals surface area contributed by atoms with E-state index in [1.54, 1.807) is 13.1 Å². The molecule has 0 aliphatic carbocycles. The van der Waals surface area contributed by atoms with Gasteiger partial charge in [-0.25, -0.2) is 4.57 Å². The molecule has 0 aromatic rings. The van der Waals surface area contributed by atoms with Crippen LogP contribution in [0.4, 0.5) is 4.20 Å². The zero-order valence-corrected chi connectivity index (χ0v) is 8.19. The molecular formula is C4H12FO3PSi. The minimum absolute atomic E-state index is 0.626. The van der Waals surface area contributed by atoms with Crippen LogP contribution in [-0.4, -0.2) is 13.2 Å². The van der Waals surface area contributed by atoms with Crippen LogP contribution < -0.4 is 0 Å². The highest BCUT2D eigenvalue weighted by atomic mass is 31.2. The Balaban J connectivity index is 4.02. The van der Waals surface area contributed by atoms with Crippen LogP contribution in [0.25, 0.3) is 0 Å². The maximum atomic E-state index is 12.0. The standard InChI is InChI=1S/C4H12FO3PSi/c1-4-10(2,3)8-9(5,6)7/h4H2,1-3H3,(H,6,7). The van der Waals surface area contributed by atoms with Crippen molar-refractivity contribution in [3.8, 4) is 0 Å². The van der Waals surface area contributed by atoms with E-state index < -0.39 is 16.2 Å². The molecule has 0 heterocycles. The number of rotatable bonds is 3. The van der Waals surface area contributed by atoms with E-state index in [-0.39, 0.29) is 0 Å². The lowest BCUT2D eigenvalue weighted by molar-refractivity contribution is 0.327. The first-order valence-corrected chi connectivity index (χ1v) is 7.58. The summed E-state index contributed by atoms with van der Waals surface area (Å²) in [5.41, 5.74) is 0. The van der Waals surface area contributed by atoms with Crippen LogP contribution in [0, 0.1) is 0 Å². The Morgan fingerprint density at radius 1 is 1.70 bits per heavy atom. The van der Waals surface area contributed by atoms with E-state index in [0.29, 0.717) is 6.04 Å². The van der Waals surface area contributed by atoms with Gasteiger partial charge in [-0.2, -0.15) is 0 Å². The Morgan fingerprint density at radius 3 is 2.20 bits per heavy atom. The Morgan fingerprint density at radius 2 is 2.10 bits per heavy atom. The fourth-order valence-corrected chi connectivity index (χ4v) is 3.32. The van der Waals surface area contributed by atoms with E-state index in [0.717, 1.165) is 0 Å². The molecular weight excluding hydrogens is 174 g/mol. The maximum absolute atomic E-state index is 12.0. The van der Waals surface area contributed by atoms with Crippen LogP contribution in [0.15, 0.2) is 0 Å². The molecule has 0 saturated heterocycles. The molecule has 6 heteroatoms. The van der Waals surface area contributed by atoms with Crippen molar-refractivity contribution in [1.29, 1.82) is 0 Å². The molecule has 0 radical (unpaired) electrons. The van der Waals surface area contributed by atoms with Gasteiger partial charge in [-0.3, -0.25) is 4.89 Å². The lowest BCUT2D eigenvalue weighted by atomic mass is 11.0. The van der Waals surface area contributed by atoms with Gasteiger partial charge >= 0.3 is 7.91 Å². The normalized spacial score (nSPS) is 18.5. The SMILES string of the molecule is CC[Si](C)(C)OP(=O)(O)F. The molecule has 0 aromatic carbocycles. The van der Waals surface area contributed by atoms with Gasteiger partial charge in [0.2, 0.25) is 8.32 Å². The lowest BCUT2D eigenvalue weighted by Crippen LogP contribution is -2.26. The molecule has 0 aromatic heterocycles. The second-order valence-electron chi connectivity index (χ2n) is 2.66. The quantitative estimate of drug-likeness (QED) is 0.543. The molecule has 0 aliphatic heterocycles. The molecule has 0 fully saturated rings. The van der Waals surface area contributed by atoms with Crippen molar-refractivity contribution in [3.63, 3.8) is 0 Å². The first-order chi connectivity index (χ1) is 4.27. The average Bonchev–Trinajstić information content (AvgIpc) is 1.60. The molecule has 10 heavy (non-hydrogen) atoms. The predicted molar refractivity (Wildman–Crippen MR) is 40.0 cm³/mol. The summed E-state index contributed by atoms with van der Waals surface area (Å²) in [6, 6.07) is 0.626. The highest BCUT2D eigenvalue weighted by Crippen LogP contribution is 2.46. The molecule has 0 bridgehead atoms. The topological polar surface area (TPSA) is 46.5 Å². The molecule has 1 atom stereocenters. The summed E-state index contributed by atoms with van der Waals surface area (Å²) >= 11 is 0. The minimum Gasteiger partial charge on any atom is -0.327 e. The van der Waals surface area contributed by atoms with Crippen molar-refractivity contribution in [2.45, 2.75) is 26.1 Å². The van der Waals surface area contributed by atoms with E-state index in [2.05, 4.69) is 4.21 Å². The third-order valence-electron chi connectivity index (χ3n) is 1.21. The zero-order valence-electron chi connectivity index (χ0n) is 6.30. The summed E-state index contributed by atoms with van der Waals surface area (Å²) in [6.45, 7) is 5.19. The first-order valence-electron chi connectivity index (χ1n) is 3.00. The Bertz CT molecular complexity index is 155. The smallest absolute Gasteiger partial charge is 0.327 e. The zero-order chi connectivity index (χ0) is 8.41. The van der Waals surface area contributed by atoms with Gasteiger partial charge in [-0.15, -0.1) is 4.20 Å². The third-order valence-corrected chi connectivity index (χ3v) is 5.79. The predicted octanol–water partition coefficient (Wildman–Crippen LogP) is 2.30. The number of hydrogen-bond acceptors (Lipinski definition) is 2. The van der Waals surface area contributed by atoms with Gasteiger partial charge in [0.1, 0.15) is 0 Å². The van der Waals surface area contributed by atoms with Crippen molar-refractivity contribution in [1.82, 2.24) is 0 Å². The monoisotopic (exact) mass is 186 g/mol. The van der Waals surface area contributed by atoms with Crippen molar-refractivity contribution in [2.24, 2.45) is 0 Å². The summed E-state index contributed by atoms with van der Waals surface area (Å²) in [6.07, 6.45) is 0. The largest absolute Gasteiger partial charge is 0.500 e. The van der Waals surface area contributed by atoms with Crippen molar-refractivity contribution >= 4 is 16.2 Å². The van der Waals surface area contributed by atoms with Crippen LogP contribution in [0.3, 0.4) is 0 Å². The fraction of sp³-hybridized carbons (Fsp3) is 1.00. The summed E-state index contributed by atoms with van der Waals surface area (Å²) in [7, 11) is -6.94. The Hall–Kier alpha value is 0.297. The summed E-state index contributed by atoms with van der Waals surface area (Å²) < 4.78 is 26.4. The first kappa shape index (κ1) is 10.3. The Kier molecular flexibility index (Phi) is 3.22. The van der Waals surface area contributed by atoms with Crippen LogP contribution in [0.1, 0.15) is 6.92 Å². The highest BCUT2D eigenvalue weighted by Gasteiger charge is 2.30. The van der Waals surface area contributed by atoms with E-state index in [9.17, 15) is 8.76 Å². The molecule has 0 aliphatic rings. The molecule has 0 rings (SSSR count). The van der Waals surface area contributed by atoms with Crippen molar-refractivity contribution in [2.75, 3.05) is 0 Å². The van der Waals surface area contributed by atoms with Gasteiger partial charge < -0.3 is 4.21 Å². The Labute approximate surface area is 61.0 Å². The maximum Gasteiger partial charge on any atom is 0.500 e. The molecule has 1 unspecified atom stereocenters. The number of hydrogen-bond donors (Lipinski definition) is 1. The van der Waals surface area contributed by atoms with E-state index in [1.165, 1.54) is 0 Å². The number of halogens is 1.